The summed E-state index contributed by atoms with van der Waals surface area (Å²) in [5.41, 5.74) is 1.44. The van der Waals surface area contributed by atoms with Crippen molar-refractivity contribution in [3.05, 3.63) is 98.6 Å². The van der Waals surface area contributed by atoms with Crippen molar-refractivity contribution in [3.8, 4) is 35.8 Å². The van der Waals surface area contributed by atoms with Gasteiger partial charge in [0.25, 0.3) is 0 Å². The number of methoxy groups -OCH3 is 3. The van der Waals surface area contributed by atoms with Gasteiger partial charge in [-0.2, -0.15) is 22.9 Å². The molecule has 0 amide bonds. The summed E-state index contributed by atoms with van der Waals surface area (Å²) in [6, 6.07) is 15.5. The third kappa shape index (κ3) is 16.0. The first-order valence-electron chi connectivity index (χ1n) is 11.3. The van der Waals surface area contributed by atoms with Gasteiger partial charge in [-0.1, -0.05) is 42.2 Å². The summed E-state index contributed by atoms with van der Waals surface area (Å²) in [6.45, 7) is 0. The first-order valence-corrected chi connectivity index (χ1v) is 12.5. The van der Waals surface area contributed by atoms with Gasteiger partial charge in [-0.25, -0.2) is 19.9 Å². The summed E-state index contributed by atoms with van der Waals surface area (Å²) in [4.78, 5) is 25.5. The minimum atomic E-state index is 0. The van der Waals surface area contributed by atoms with Gasteiger partial charge in [0.2, 0.25) is 17.6 Å². The monoisotopic (exact) mass is 681 g/mol. The van der Waals surface area contributed by atoms with Crippen molar-refractivity contribution in [2.75, 3.05) is 28.4 Å². The molecule has 0 atom stereocenters. The molecule has 4 aromatic rings. The Morgan fingerprint density at radius 2 is 1.16 bits per heavy atom. The number of nitriles is 3. The summed E-state index contributed by atoms with van der Waals surface area (Å²) in [5, 5.41) is 34.6. The molecule has 0 fully saturated rings. The number of carbonyl (C=O) groups is 1. The van der Waals surface area contributed by atoms with Gasteiger partial charge in [0.1, 0.15) is 34.5 Å². The molecule has 0 aromatic carbocycles. The number of halogens is 3. The Kier molecular flexibility index (Phi) is 27.8. The van der Waals surface area contributed by atoms with E-state index in [0.29, 0.717) is 33.3 Å². The molecule has 45 heavy (non-hydrogen) atoms. The summed E-state index contributed by atoms with van der Waals surface area (Å²) >= 11 is 16.8. The molecule has 4 rings (SSSR count). The molecule has 0 saturated carbocycles. The quantitative estimate of drug-likeness (QED) is 0.174. The molecule has 0 aliphatic heterocycles. The number of ether oxygens (including phenoxy) is 3. The van der Waals surface area contributed by atoms with E-state index < -0.39 is 0 Å². The minimum absolute atomic E-state index is 0. The molecule has 0 radical (unpaired) electrons. The van der Waals surface area contributed by atoms with Crippen LogP contribution in [0.5, 0.6) is 17.6 Å². The molecule has 16 heteroatoms. The summed E-state index contributed by atoms with van der Waals surface area (Å²) in [7, 11) is 5.12. The zero-order chi connectivity index (χ0) is 32.6. The Labute approximate surface area is 299 Å². The Balaban J connectivity index is -0.000000507. The van der Waals surface area contributed by atoms with Crippen molar-refractivity contribution in [2.24, 2.45) is 0 Å². The minimum Gasteiger partial charge on any atom is -0.857 e. The molecule has 4 heterocycles. The van der Waals surface area contributed by atoms with Crippen molar-refractivity contribution in [2.45, 2.75) is 7.43 Å². The molecule has 0 saturated heterocycles. The van der Waals surface area contributed by atoms with E-state index >= 15 is 0 Å². The third-order valence-corrected chi connectivity index (χ3v) is 5.29. The second kappa shape index (κ2) is 27.5. The average Bonchev–Trinajstić information content (AvgIpc) is 3.06. The van der Waals surface area contributed by atoms with Crippen LogP contribution in [0.1, 0.15) is 34.5 Å². The maximum atomic E-state index is 10.4. The van der Waals surface area contributed by atoms with E-state index in [1.807, 2.05) is 18.2 Å². The van der Waals surface area contributed by atoms with E-state index in [1.165, 1.54) is 39.8 Å². The summed E-state index contributed by atoms with van der Waals surface area (Å²) in [5.74, 6) is 0.900. The molecule has 12 nitrogen and oxygen atoms in total. The number of pyridine rings is 4. The molecule has 0 N–H and O–H groups in total. The number of hydrogen-bond donors (Lipinski definition) is 0. The largest absolute Gasteiger partial charge is 1.00 e. The molecule has 0 unspecified atom stereocenters. The van der Waals surface area contributed by atoms with Crippen LogP contribution in [-0.4, -0.2) is 54.7 Å². The van der Waals surface area contributed by atoms with Crippen molar-refractivity contribution in [1.82, 2.24) is 19.9 Å². The fraction of sp³-hybridized carbons (Fsp3) is 0.172. The second-order valence-corrected chi connectivity index (χ2v) is 7.92. The van der Waals surface area contributed by atoms with Crippen LogP contribution in [-0.2, 0) is 0 Å². The van der Waals surface area contributed by atoms with Gasteiger partial charge in [-0.05, 0) is 36.4 Å². The summed E-state index contributed by atoms with van der Waals surface area (Å²) in [6.07, 6.45) is 6.72. The molecular formula is C29H27Cl3N7NaO5. The predicted molar refractivity (Wildman–Crippen MR) is 164 cm³/mol. The maximum absolute atomic E-state index is 10.4. The van der Waals surface area contributed by atoms with E-state index in [1.54, 1.807) is 42.7 Å². The van der Waals surface area contributed by atoms with E-state index in [2.05, 4.69) is 19.9 Å². The van der Waals surface area contributed by atoms with Crippen LogP contribution >= 0.6 is 34.8 Å². The SMILES string of the molecule is C.COc1nccc(Cl)c1C#N.COc1nccc(Cl)c1C=O.COc1ncccc1C#N.C[O-].N#Cc1cccnc1Cl.[Na+]. The Bertz CT molecular complexity index is 1580. The van der Waals surface area contributed by atoms with Gasteiger partial charge in [0, 0.05) is 24.8 Å². The van der Waals surface area contributed by atoms with Gasteiger partial charge in [-0.15, -0.1) is 0 Å². The Hall–Kier alpha value is -4.03. The fourth-order valence-corrected chi connectivity index (χ4v) is 3.01. The average molecular weight is 683 g/mol. The second-order valence-electron chi connectivity index (χ2n) is 6.75. The third-order valence-electron chi connectivity index (χ3n) is 4.35. The van der Waals surface area contributed by atoms with E-state index in [4.69, 9.17) is 69.9 Å². The van der Waals surface area contributed by atoms with Crippen molar-refractivity contribution in [3.63, 3.8) is 0 Å². The van der Waals surface area contributed by atoms with Gasteiger partial charge >= 0.3 is 29.6 Å². The van der Waals surface area contributed by atoms with Crippen LogP contribution in [0.4, 0.5) is 0 Å². The van der Waals surface area contributed by atoms with Crippen LogP contribution in [0.25, 0.3) is 0 Å². The van der Waals surface area contributed by atoms with Crippen molar-refractivity contribution in [1.29, 1.82) is 15.8 Å². The maximum Gasteiger partial charge on any atom is 1.00 e. The number of nitrogens with zero attached hydrogens (tertiary/aromatic N) is 7. The van der Waals surface area contributed by atoms with Gasteiger partial charge in [0.15, 0.2) is 6.29 Å². The topological polar surface area (TPSA) is 191 Å². The molecule has 230 valence electrons. The first kappa shape index (κ1) is 45.4. The molecule has 4 aromatic heterocycles. The number of hydrogen-bond acceptors (Lipinski definition) is 12. The predicted octanol–water partition coefficient (Wildman–Crippen LogP) is 2.36. The molecule has 0 bridgehead atoms. The zero-order valence-corrected chi connectivity index (χ0v) is 28.4. The number of aromatic nitrogens is 4. The zero-order valence-electron chi connectivity index (χ0n) is 24.2. The van der Waals surface area contributed by atoms with Crippen molar-refractivity contribution >= 4 is 41.1 Å². The van der Waals surface area contributed by atoms with Crippen molar-refractivity contribution < 1.29 is 53.7 Å². The van der Waals surface area contributed by atoms with Crippen LogP contribution < -0.4 is 48.9 Å². The first-order chi connectivity index (χ1) is 20.8. The van der Waals surface area contributed by atoms with Gasteiger partial charge < -0.3 is 19.3 Å². The van der Waals surface area contributed by atoms with Gasteiger partial charge in [0.05, 0.1) is 42.5 Å². The van der Waals surface area contributed by atoms with E-state index in [-0.39, 0.29) is 65.0 Å². The normalized spacial score (nSPS) is 8.11. The Morgan fingerprint density at radius 3 is 1.53 bits per heavy atom. The van der Waals surface area contributed by atoms with Crippen LogP contribution in [0.2, 0.25) is 15.2 Å². The molecule has 0 aliphatic rings. The van der Waals surface area contributed by atoms with Gasteiger partial charge in [-0.3, -0.25) is 4.79 Å². The summed E-state index contributed by atoms with van der Waals surface area (Å²) < 4.78 is 14.4. The van der Waals surface area contributed by atoms with Crippen LogP contribution in [0, 0.1) is 34.0 Å². The number of carbonyl (C=O) groups excluding carboxylic acids is 1. The smallest absolute Gasteiger partial charge is 0.857 e. The molecule has 0 aliphatic carbocycles. The van der Waals surface area contributed by atoms with Crippen LogP contribution in [0.3, 0.4) is 0 Å². The molecule has 0 spiro atoms. The van der Waals surface area contributed by atoms with E-state index in [9.17, 15) is 4.79 Å². The fourth-order valence-electron chi connectivity index (χ4n) is 2.49. The number of rotatable bonds is 4. The van der Waals surface area contributed by atoms with Crippen LogP contribution in [0.15, 0.2) is 61.2 Å². The standard InChI is InChI=1S/C7H5ClN2O.C7H6ClNO2.C7H6N2O.C6H3ClN2.CH3O.CH4.Na/c1-11-7-5(4-9)6(8)2-3-10-7;1-11-7-5(4-10)6(8)2-3-9-7;1-10-7-6(5-8)3-2-4-9-7;7-6-5(4-8)2-1-3-9-6;1-2;;/h2-3H,1H3;2-4H,1H3;2-4H,1H3;1-3H;1H3;1H4;/q;;;;-1;;+1. The Morgan fingerprint density at radius 1 is 0.689 bits per heavy atom. The molecular weight excluding hydrogens is 656 g/mol. The number of aldehydes is 1. The van der Waals surface area contributed by atoms with E-state index in [0.717, 1.165) is 7.11 Å².